The molecule has 10 atom stereocenters. The van der Waals surface area contributed by atoms with Crippen LogP contribution in [0.3, 0.4) is 0 Å². The van der Waals surface area contributed by atoms with Crippen LogP contribution in [0.4, 0.5) is 0 Å². The Morgan fingerprint density at radius 3 is 2.37 bits per heavy atom. The molecule has 0 aromatic heterocycles. The molecule has 1 aromatic rings. The highest BCUT2D eigenvalue weighted by Gasteiger charge is 2.63. The third-order valence-corrected chi connectivity index (χ3v) is 12.1. The summed E-state index contributed by atoms with van der Waals surface area (Å²) in [5, 5.41) is 10.3. The van der Waals surface area contributed by atoms with E-state index in [9.17, 15) is 14.7 Å². The van der Waals surface area contributed by atoms with E-state index in [1.807, 2.05) is 30.3 Å². The van der Waals surface area contributed by atoms with Gasteiger partial charge in [-0.15, -0.1) is 0 Å². The highest BCUT2D eigenvalue weighted by atomic mass is 16.5. The number of hydrogen-bond donors (Lipinski definition) is 1. The summed E-state index contributed by atoms with van der Waals surface area (Å²) in [6, 6.07) is 9.32. The monoisotopic (exact) mass is 522 g/mol. The molecule has 0 saturated heterocycles. The van der Waals surface area contributed by atoms with E-state index < -0.39 is 0 Å². The van der Waals surface area contributed by atoms with Crippen molar-refractivity contribution < 1.29 is 19.4 Å². The second-order valence-corrected chi connectivity index (χ2v) is 14.4. The maximum atomic E-state index is 13.7. The number of fused-ring (bicyclic) bond motifs is 5. The predicted molar refractivity (Wildman–Crippen MR) is 150 cm³/mol. The number of aliphatic hydroxyl groups is 1. The lowest BCUT2D eigenvalue weighted by atomic mass is 9.44. The molecule has 0 spiro atoms. The number of carbonyl (C=O) groups is 2. The molecule has 0 radical (unpaired) electrons. The van der Waals surface area contributed by atoms with Crippen LogP contribution in [-0.2, 0) is 9.53 Å². The average Bonchev–Trinajstić information content (AvgIpc) is 3.24. The highest BCUT2D eigenvalue weighted by molar-refractivity contribution is 5.89. The topological polar surface area (TPSA) is 63.6 Å². The van der Waals surface area contributed by atoms with E-state index in [-0.39, 0.29) is 40.8 Å². The number of Topliss-reactive ketones (excluding diaryl/α,β-unsaturated/α-hetero) is 1. The third-order valence-electron chi connectivity index (χ3n) is 12.1. The molecule has 4 fully saturated rings. The second kappa shape index (κ2) is 10.7. The maximum absolute atomic E-state index is 13.7. The molecule has 5 unspecified atom stereocenters. The first kappa shape index (κ1) is 27.9. The van der Waals surface area contributed by atoms with E-state index in [1.165, 1.54) is 25.7 Å². The Morgan fingerprint density at radius 2 is 1.66 bits per heavy atom. The summed E-state index contributed by atoms with van der Waals surface area (Å²) in [6.07, 6.45) is 9.91. The summed E-state index contributed by atoms with van der Waals surface area (Å²) < 4.78 is 6.00. The molecule has 5 rings (SSSR count). The van der Waals surface area contributed by atoms with Gasteiger partial charge in [0.15, 0.2) is 0 Å². The Kier molecular flexibility index (Phi) is 7.86. The molecule has 4 nitrogen and oxygen atoms in total. The molecule has 4 saturated carbocycles. The van der Waals surface area contributed by atoms with Crippen LogP contribution in [-0.4, -0.2) is 29.1 Å². The molecule has 38 heavy (non-hydrogen) atoms. The Balaban J connectivity index is 1.25. The normalized spacial score (nSPS) is 40.1. The lowest BCUT2D eigenvalue weighted by Gasteiger charge is -2.60. The van der Waals surface area contributed by atoms with Crippen molar-refractivity contribution in [2.75, 3.05) is 0 Å². The first-order valence-corrected chi connectivity index (χ1v) is 15.5. The number of hydrogen-bond acceptors (Lipinski definition) is 4. The zero-order valence-corrected chi connectivity index (χ0v) is 24.3. The average molecular weight is 523 g/mol. The van der Waals surface area contributed by atoms with Crippen LogP contribution in [0.2, 0.25) is 0 Å². The van der Waals surface area contributed by atoms with Crippen LogP contribution < -0.4 is 0 Å². The summed E-state index contributed by atoms with van der Waals surface area (Å²) in [4.78, 5) is 26.4. The summed E-state index contributed by atoms with van der Waals surface area (Å²) in [5.74, 6) is 3.32. The zero-order chi connectivity index (χ0) is 27.2. The molecule has 1 aromatic carbocycles. The van der Waals surface area contributed by atoms with Gasteiger partial charge in [0.1, 0.15) is 11.9 Å². The van der Waals surface area contributed by atoms with E-state index in [2.05, 4.69) is 34.6 Å². The van der Waals surface area contributed by atoms with Crippen molar-refractivity contribution in [2.45, 2.75) is 111 Å². The molecule has 1 N–H and O–H groups in total. The smallest absolute Gasteiger partial charge is 0.338 e. The molecule has 0 bridgehead atoms. The molecular weight excluding hydrogens is 472 g/mol. The standard InChI is InChI=1S/C34H50O4/c1-21(2)30(38-32(37)23-9-7-6-8-10-23)14-11-22(3)26-12-13-27-31-28(16-18-34(26,27)5)33(4)17-15-25(35)19-24(33)20-29(31)36/h6-10,21-22,24-28,30-31,35H,11-20H2,1-5H3/t22-,24?,25+,26?,27?,28?,30+,31?,33+,34-/m1/s1. The molecule has 0 heterocycles. The van der Waals surface area contributed by atoms with Crippen LogP contribution in [0.25, 0.3) is 0 Å². The predicted octanol–water partition coefficient (Wildman–Crippen LogP) is 7.48. The van der Waals surface area contributed by atoms with Gasteiger partial charge in [0.2, 0.25) is 0 Å². The van der Waals surface area contributed by atoms with Crippen molar-refractivity contribution in [1.82, 2.24) is 0 Å². The Labute approximate surface area is 230 Å². The fourth-order valence-corrected chi connectivity index (χ4v) is 9.82. The minimum Gasteiger partial charge on any atom is -0.459 e. The van der Waals surface area contributed by atoms with Gasteiger partial charge in [0.05, 0.1) is 11.7 Å². The number of rotatable bonds is 7. The van der Waals surface area contributed by atoms with E-state index in [0.717, 1.165) is 32.1 Å². The molecule has 210 valence electrons. The molecular formula is C34H50O4. The van der Waals surface area contributed by atoms with Gasteiger partial charge in [-0.25, -0.2) is 4.79 Å². The Bertz CT molecular complexity index is 1000. The Hall–Kier alpha value is -1.68. The van der Waals surface area contributed by atoms with Gasteiger partial charge in [0, 0.05) is 12.3 Å². The summed E-state index contributed by atoms with van der Waals surface area (Å²) in [6.45, 7) is 11.7. The molecule has 4 heteroatoms. The van der Waals surface area contributed by atoms with Crippen LogP contribution in [0, 0.1) is 52.3 Å². The third kappa shape index (κ3) is 4.88. The van der Waals surface area contributed by atoms with Gasteiger partial charge >= 0.3 is 5.97 Å². The van der Waals surface area contributed by atoms with Crippen molar-refractivity contribution in [1.29, 1.82) is 0 Å². The number of benzene rings is 1. The lowest BCUT2D eigenvalue weighted by Crippen LogP contribution is -2.57. The molecule has 0 aliphatic heterocycles. The SMILES string of the molecule is CC(C)[C@H](CC[C@@H](C)C1CCC2C3C(=O)CC4C[C@@H](O)CC[C@]4(C)C3CC[C@@]21C)OC(=O)c1ccccc1. The van der Waals surface area contributed by atoms with Crippen LogP contribution in [0.15, 0.2) is 30.3 Å². The van der Waals surface area contributed by atoms with Gasteiger partial charge in [-0.3, -0.25) is 4.79 Å². The maximum Gasteiger partial charge on any atom is 0.338 e. The summed E-state index contributed by atoms with van der Waals surface area (Å²) in [5.41, 5.74) is 1.06. The van der Waals surface area contributed by atoms with Crippen molar-refractivity contribution >= 4 is 11.8 Å². The van der Waals surface area contributed by atoms with E-state index in [4.69, 9.17) is 4.74 Å². The van der Waals surface area contributed by atoms with Crippen molar-refractivity contribution in [3.05, 3.63) is 35.9 Å². The molecule has 0 amide bonds. The lowest BCUT2D eigenvalue weighted by molar-refractivity contribution is -0.160. The van der Waals surface area contributed by atoms with Crippen molar-refractivity contribution in [3.63, 3.8) is 0 Å². The van der Waals surface area contributed by atoms with E-state index >= 15 is 0 Å². The summed E-state index contributed by atoms with van der Waals surface area (Å²) in [7, 11) is 0. The van der Waals surface area contributed by atoms with Gasteiger partial charge in [-0.2, -0.15) is 0 Å². The minimum atomic E-state index is -0.221. The highest BCUT2D eigenvalue weighted by Crippen LogP contribution is 2.67. The van der Waals surface area contributed by atoms with E-state index in [0.29, 0.717) is 47.4 Å². The van der Waals surface area contributed by atoms with E-state index in [1.54, 1.807) is 0 Å². The van der Waals surface area contributed by atoms with Gasteiger partial charge < -0.3 is 9.84 Å². The number of aliphatic hydroxyl groups excluding tert-OH is 1. The van der Waals surface area contributed by atoms with Crippen molar-refractivity contribution in [2.24, 2.45) is 52.3 Å². The zero-order valence-electron chi connectivity index (χ0n) is 24.3. The number of ether oxygens (including phenoxy) is 1. The van der Waals surface area contributed by atoms with Crippen molar-refractivity contribution in [3.8, 4) is 0 Å². The fourth-order valence-electron chi connectivity index (χ4n) is 9.82. The van der Waals surface area contributed by atoms with Gasteiger partial charge in [-0.05, 0) is 116 Å². The van der Waals surface area contributed by atoms with Crippen LogP contribution in [0.1, 0.15) is 109 Å². The first-order chi connectivity index (χ1) is 18.0. The quantitative estimate of drug-likeness (QED) is 0.377. The first-order valence-electron chi connectivity index (χ1n) is 15.5. The Morgan fingerprint density at radius 1 is 0.974 bits per heavy atom. The summed E-state index contributed by atoms with van der Waals surface area (Å²) >= 11 is 0. The minimum absolute atomic E-state index is 0.0793. The largest absolute Gasteiger partial charge is 0.459 e. The second-order valence-electron chi connectivity index (χ2n) is 14.4. The van der Waals surface area contributed by atoms with Gasteiger partial charge in [-0.1, -0.05) is 52.8 Å². The van der Waals surface area contributed by atoms with Crippen LogP contribution >= 0.6 is 0 Å². The number of esters is 1. The number of carbonyl (C=O) groups excluding carboxylic acids is 2. The van der Waals surface area contributed by atoms with Crippen LogP contribution in [0.5, 0.6) is 0 Å². The molecule has 4 aliphatic rings. The van der Waals surface area contributed by atoms with Gasteiger partial charge in [0.25, 0.3) is 0 Å². The molecule has 4 aliphatic carbocycles. The fraction of sp³-hybridized carbons (Fsp3) is 0.765. The number of ketones is 1.